The summed E-state index contributed by atoms with van der Waals surface area (Å²) in [5.74, 6) is 0.0874. The van der Waals surface area contributed by atoms with Crippen LogP contribution in [0.4, 0.5) is 0 Å². The van der Waals surface area contributed by atoms with E-state index in [0.29, 0.717) is 6.04 Å². The molecule has 3 heteroatoms. The summed E-state index contributed by atoms with van der Waals surface area (Å²) >= 11 is 0. The highest BCUT2D eigenvalue weighted by Gasteiger charge is 2.27. The SMILES string of the molecule is COC(=O)[C@H]1CC[C@@H](C)[NH2+]C1. The number of nitrogens with two attached hydrogens (primary N) is 1. The molecule has 1 heterocycles. The molecule has 1 fully saturated rings. The first-order chi connectivity index (χ1) is 5.24. The molecular formula is C8H16NO2+. The number of carbonyl (C=O) groups excluding carboxylic acids is 1. The van der Waals surface area contributed by atoms with Gasteiger partial charge < -0.3 is 10.1 Å². The number of carbonyl (C=O) groups is 1. The van der Waals surface area contributed by atoms with E-state index in [9.17, 15) is 4.79 Å². The molecule has 0 saturated carbocycles. The third-order valence-corrected chi connectivity index (χ3v) is 2.33. The second kappa shape index (κ2) is 3.72. The largest absolute Gasteiger partial charge is 0.469 e. The number of piperidine rings is 1. The summed E-state index contributed by atoms with van der Waals surface area (Å²) in [6.45, 7) is 3.08. The molecule has 64 valence electrons. The van der Waals surface area contributed by atoms with Crippen molar-refractivity contribution in [3.05, 3.63) is 0 Å². The summed E-state index contributed by atoms with van der Waals surface area (Å²) in [5.41, 5.74) is 0. The molecule has 0 unspecified atom stereocenters. The summed E-state index contributed by atoms with van der Waals surface area (Å²) in [7, 11) is 1.46. The fraction of sp³-hybridized carbons (Fsp3) is 0.875. The third-order valence-electron chi connectivity index (χ3n) is 2.33. The van der Waals surface area contributed by atoms with E-state index in [1.165, 1.54) is 7.11 Å². The normalized spacial score (nSPS) is 31.5. The van der Waals surface area contributed by atoms with Crippen molar-refractivity contribution < 1.29 is 14.8 Å². The number of methoxy groups -OCH3 is 1. The van der Waals surface area contributed by atoms with Gasteiger partial charge in [-0.05, 0) is 13.3 Å². The van der Waals surface area contributed by atoms with Crippen LogP contribution in [0.15, 0.2) is 0 Å². The monoisotopic (exact) mass is 158 g/mol. The van der Waals surface area contributed by atoms with Crippen LogP contribution in [0.25, 0.3) is 0 Å². The van der Waals surface area contributed by atoms with Crippen LogP contribution < -0.4 is 5.32 Å². The summed E-state index contributed by atoms with van der Waals surface area (Å²) in [6, 6.07) is 0.677. The summed E-state index contributed by atoms with van der Waals surface area (Å²) in [5, 5.41) is 2.21. The van der Waals surface area contributed by atoms with E-state index in [2.05, 4.69) is 17.0 Å². The van der Waals surface area contributed by atoms with Gasteiger partial charge in [-0.25, -0.2) is 0 Å². The Hall–Kier alpha value is -0.570. The topological polar surface area (TPSA) is 42.9 Å². The zero-order chi connectivity index (χ0) is 8.27. The van der Waals surface area contributed by atoms with E-state index >= 15 is 0 Å². The first-order valence-electron chi connectivity index (χ1n) is 4.15. The van der Waals surface area contributed by atoms with Crippen molar-refractivity contribution in [3.8, 4) is 0 Å². The maximum Gasteiger partial charge on any atom is 0.314 e. The number of esters is 1. The molecule has 3 nitrogen and oxygen atoms in total. The minimum absolute atomic E-state index is 0.0480. The lowest BCUT2D eigenvalue weighted by molar-refractivity contribution is -0.698. The van der Waals surface area contributed by atoms with Gasteiger partial charge in [0.15, 0.2) is 0 Å². The second-order valence-electron chi connectivity index (χ2n) is 3.25. The average molecular weight is 158 g/mol. The van der Waals surface area contributed by atoms with Crippen molar-refractivity contribution in [3.63, 3.8) is 0 Å². The third kappa shape index (κ3) is 2.19. The molecule has 1 rings (SSSR count). The van der Waals surface area contributed by atoms with Gasteiger partial charge in [0.05, 0.1) is 19.7 Å². The van der Waals surface area contributed by atoms with Gasteiger partial charge in [-0.1, -0.05) is 0 Å². The average Bonchev–Trinajstić information content (AvgIpc) is 2.05. The fourth-order valence-corrected chi connectivity index (χ4v) is 1.48. The molecule has 0 spiro atoms. The lowest BCUT2D eigenvalue weighted by Crippen LogP contribution is -2.92. The number of rotatable bonds is 1. The van der Waals surface area contributed by atoms with Crippen molar-refractivity contribution in [2.45, 2.75) is 25.8 Å². The van der Waals surface area contributed by atoms with Gasteiger partial charge in [0.2, 0.25) is 0 Å². The number of ether oxygens (including phenoxy) is 1. The minimum Gasteiger partial charge on any atom is -0.469 e. The molecule has 0 amide bonds. The number of hydrogen-bond donors (Lipinski definition) is 1. The molecule has 1 aliphatic rings. The van der Waals surface area contributed by atoms with Gasteiger partial charge in [-0.2, -0.15) is 0 Å². The van der Waals surface area contributed by atoms with E-state index in [-0.39, 0.29) is 11.9 Å². The molecular weight excluding hydrogens is 142 g/mol. The van der Waals surface area contributed by atoms with E-state index in [0.717, 1.165) is 19.4 Å². The van der Waals surface area contributed by atoms with Gasteiger partial charge in [0, 0.05) is 6.42 Å². The highest BCUT2D eigenvalue weighted by Crippen LogP contribution is 2.10. The van der Waals surface area contributed by atoms with Gasteiger partial charge in [-0.15, -0.1) is 0 Å². The van der Waals surface area contributed by atoms with Gasteiger partial charge >= 0.3 is 5.97 Å². The predicted octanol–water partition coefficient (Wildman–Crippen LogP) is -0.479. The zero-order valence-electron chi connectivity index (χ0n) is 7.17. The molecule has 0 aromatic carbocycles. The van der Waals surface area contributed by atoms with Crippen molar-refractivity contribution in [2.24, 2.45) is 5.92 Å². The first kappa shape index (κ1) is 8.53. The molecule has 0 aliphatic carbocycles. The van der Waals surface area contributed by atoms with E-state index < -0.39 is 0 Å². The van der Waals surface area contributed by atoms with Crippen LogP contribution in [0.2, 0.25) is 0 Å². The van der Waals surface area contributed by atoms with E-state index in [1.54, 1.807) is 0 Å². The van der Waals surface area contributed by atoms with Crippen LogP contribution >= 0.6 is 0 Å². The number of hydrogen-bond acceptors (Lipinski definition) is 2. The van der Waals surface area contributed by atoms with Gasteiger partial charge in [0.1, 0.15) is 5.92 Å². The smallest absolute Gasteiger partial charge is 0.314 e. The molecule has 11 heavy (non-hydrogen) atoms. The molecule has 0 bridgehead atoms. The highest BCUT2D eigenvalue weighted by atomic mass is 16.5. The first-order valence-corrected chi connectivity index (χ1v) is 4.15. The fourth-order valence-electron chi connectivity index (χ4n) is 1.48. The summed E-state index contributed by atoms with van der Waals surface area (Å²) in [6.07, 6.45) is 2.12. The summed E-state index contributed by atoms with van der Waals surface area (Å²) < 4.78 is 4.67. The minimum atomic E-state index is -0.0480. The van der Waals surface area contributed by atoms with Crippen LogP contribution in [0, 0.1) is 5.92 Å². The van der Waals surface area contributed by atoms with Gasteiger partial charge in [0.25, 0.3) is 0 Å². The molecule has 0 aromatic rings. The molecule has 1 aliphatic heterocycles. The lowest BCUT2D eigenvalue weighted by atomic mass is 9.96. The van der Waals surface area contributed by atoms with E-state index in [1.807, 2.05) is 0 Å². The van der Waals surface area contributed by atoms with Crippen LogP contribution in [0.5, 0.6) is 0 Å². The Bertz CT molecular complexity index is 139. The van der Waals surface area contributed by atoms with E-state index in [4.69, 9.17) is 0 Å². The van der Waals surface area contributed by atoms with Crippen molar-refractivity contribution >= 4 is 5.97 Å². The summed E-state index contributed by atoms with van der Waals surface area (Å²) in [4.78, 5) is 11.0. The Morgan fingerprint density at radius 3 is 2.73 bits per heavy atom. The standard InChI is InChI=1S/C8H15NO2/c1-6-3-4-7(5-9-6)8(10)11-2/h6-7,9H,3-5H2,1-2H3/p+1/t6-,7+/m1/s1. The highest BCUT2D eigenvalue weighted by molar-refractivity contribution is 5.72. The van der Waals surface area contributed by atoms with Crippen molar-refractivity contribution in [1.29, 1.82) is 0 Å². The molecule has 0 radical (unpaired) electrons. The van der Waals surface area contributed by atoms with Crippen LogP contribution in [0.3, 0.4) is 0 Å². The van der Waals surface area contributed by atoms with Crippen LogP contribution in [0.1, 0.15) is 19.8 Å². The van der Waals surface area contributed by atoms with Crippen molar-refractivity contribution in [2.75, 3.05) is 13.7 Å². The molecule has 2 N–H and O–H groups in total. The van der Waals surface area contributed by atoms with Crippen LogP contribution in [-0.2, 0) is 9.53 Å². The zero-order valence-corrected chi connectivity index (χ0v) is 7.17. The molecule has 1 saturated heterocycles. The molecule has 0 aromatic heterocycles. The Kier molecular flexibility index (Phi) is 2.88. The maximum absolute atomic E-state index is 11.0. The van der Waals surface area contributed by atoms with Crippen LogP contribution in [-0.4, -0.2) is 25.7 Å². The Labute approximate surface area is 67.1 Å². The Morgan fingerprint density at radius 2 is 2.27 bits per heavy atom. The Balaban J connectivity index is 2.33. The predicted molar refractivity (Wildman–Crippen MR) is 41.0 cm³/mol. The lowest BCUT2D eigenvalue weighted by Gasteiger charge is -2.22. The quantitative estimate of drug-likeness (QED) is 0.524. The Morgan fingerprint density at radius 1 is 1.55 bits per heavy atom. The maximum atomic E-state index is 11.0. The second-order valence-corrected chi connectivity index (χ2v) is 3.25. The van der Waals surface area contributed by atoms with Crippen molar-refractivity contribution in [1.82, 2.24) is 0 Å². The molecule has 2 atom stereocenters. The number of quaternary nitrogens is 1. The van der Waals surface area contributed by atoms with Gasteiger partial charge in [-0.3, -0.25) is 4.79 Å².